The number of aliphatic hydroxyl groups excluding tert-OH is 1. The highest BCUT2D eigenvalue weighted by molar-refractivity contribution is 7.99. The van der Waals surface area contributed by atoms with Gasteiger partial charge >= 0.3 is 0 Å². The minimum Gasteiger partial charge on any atom is -0.431 e. The molecule has 0 bridgehead atoms. The third-order valence-corrected chi connectivity index (χ3v) is 2.91. The molecular weight excluding hydrogens is 212 g/mol. The first kappa shape index (κ1) is 10.3. The summed E-state index contributed by atoms with van der Waals surface area (Å²) in [7, 11) is 0. The first-order valence-corrected chi connectivity index (χ1v) is 5.60. The Hall–Kier alpha value is -1.20. The highest BCUT2D eigenvalue weighted by atomic mass is 32.2. The summed E-state index contributed by atoms with van der Waals surface area (Å²) in [6, 6.07) is 5.35. The topological polar surface area (TPSA) is 72.3 Å². The largest absolute Gasteiger partial charge is 0.431 e. The average Bonchev–Trinajstić information content (AvgIpc) is 2.56. The van der Waals surface area contributed by atoms with Crippen LogP contribution in [0.1, 0.15) is 6.92 Å². The van der Waals surface area contributed by atoms with E-state index < -0.39 is 0 Å². The number of rotatable bonds is 3. The first-order valence-electron chi connectivity index (χ1n) is 4.62. The van der Waals surface area contributed by atoms with Crippen LogP contribution < -0.4 is 5.73 Å². The zero-order valence-electron chi connectivity index (χ0n) is 8.30. The Balaban J connectivity index is 2.23. The quantitative estimate of drug-likeness (QED) is 0.615. The number of hydrogen-bond acceptors (Lipinski definition) is 5. The van der Waals surface area contributed by atoms with Crippen molar-refractivity contribution >= 4 is 28.5 Å². The van der Waals surface area contributed by atoms with Gasteiger partial charge in [-0.2, -0.15) is 0 Å². The van der Waals surface area contributed by atoms with Crippen LogP contribution in [0.15, 0.2) is 27.8 Å². The van der Waals surface area contributed by atoms with Gasteiger partial charge in [0.05, 0.1) is 6.10 Å². The number of aromatic nitrogens is 1. The monoisotopic (exact) mass is 224 g/mol. The summed E-state index contributed by atoms with van der Waals surface area (Å²) in [5.41, 5.74) is 7.75. The number of nitrogen functional groups attached to an aromatic ring is 1. The van der Waals surface area contributed by atoms with E-state index in [2.05, 4.69) is 4.98 Å². The molecule has 1 atom stereocenters. The van der Waals surface area contributed by atoms with Crippen LogP contribution in [0.2, 0.25) is 0 Å². The second-order valence-corrected chi connectivity index (χ2v) is 4.34. The lowest BCUT2D eigenvalue weighted by molar-refractivity contribution is 0.220. The second kappa shape index (κ2) is 4.12. The first-order chi connectivity index (χ1) is 7.15. The number of nitrogens with two attached hydrogens (primary N) is 1. The molecule has 3 N–H and O–H groups in total. The molecule has 80 valence electrons. The van der Waals surface area contributed by atoms with Crippen LogP contribution >= 0.6 is 11.8 Å². The number of oxazole rings is 1. The van der Waals surface area contributed by atoms with Crippen molar-refractivity contribution in [1.82, 2.24) is 4.98 Å². The molecule has 2 aromatic rings. The third-order valence-electron chi connectivity index (χ3n) is 1.84. The number of nitrogens with zero attached hydrogens (tertiary/aromatic N) is 1. The SMILES string of the molecule is CC(O)CSc1nc2ccc(N)cc2o1. The molecule has 0 fully saturated rings. The smallest absolute Gasteiger partial charge is 0.256 e. The fourth-order valence-electron chi connectivity index (χ4n) is 1.17. The number of anilines is 1. The van der Waals surface area contributed by atoms with Gasteiger partial charge in [0.25, 0.3) is 5.22 Å². The highest BCUT2D eigenvalue weighted by Crippen LogP contribution is 2.25. The highest BCUT2D eigenvalue weighted by Gasteiger charge is 2.07. The summed E-state index contributed by atoms with van der Waals surface area (Å²) in [5, 5.41) is 9.69. The zero-order chi connectivity index (χ0) is 10.8. The molecular formula is C10H12N2O2S. The lowest BCUT2D eigenvalue weighted by Crippen LogP contribution is -2.02. The number of benzene rings is 1. The van der Waals surface area contributed by atoms with Crippen LogP contribution in [0, 0.1) is 0 Å². The molecule has 0 saturated carbocycles. The van der Waals surface area contributed by atoms with Gasteiger partial charge < -0.3 is 15.3 Å². The Morgan fingerprint density at radius 2 is 2.40 bits per heavy atom. The van der Waals surface area contributed by atoms with Crippen molar-refractivity contribution in [3.63, 3.8) is 0 Å². The summed E-state index contributed by atoms with van der Waals surface area (Å²) in [5.74, 6) is 0.572. The lowest BCUT2D eigenvalue weighted by atomic mass is 10.3. The average molecular weight is 224 g/mol. The van der Waals surface area contributed by atoms with Gasteiger partial charge in [-0.05, 0) is 19.1 Å². The third kappa shape index (κ3) is 2.43. The summed E-state index contributed by atoms with van der Waals surface area (Å²) in [4.78, 5) is 4.26. The predicted molar refractivity (Wildman–Crippen MR) is 60.8 cm³/mol. The van der Waals surface area contributed by atoms with Gasteiger partial charge in [-0.15, -0.1) is 0 Å². The molecule has 0 aliphatic carbocycles. The number of aliphatic hydroxyl groups is 1. The number of fused-ring (bicyclic) bond motifs is 1. The Labute approximate surface area is 91.5 Å². The summed E-state index contributed by atoms with van der Waals surface area (Å²) < 4.78 is 5.46. The molecule has 0 saturated heterocycles. The fraction of sp³-hybridized carbons (Fsp3) is 0.300. The maximum atomic E-state index is 9.12. The molecule has 0 amide bonds. The van der Waals surface area contributed by atoms with E-state index in [1.807, 2.05) is 6.07 Å². The zero-order valence-corrected chi connectivity index (χ0v) is 9.12. The summed E-state index contributed by atoms with van der Waals surface area (Å²) in [6.45, 7) is 1.73. The van der Waals surface area contributed by atoms with Gasteiger partial charge in [-0.1, -0.05) is 11.8 Å². The van der Waals surface area contributed by atoms with Crippen molar-refractivity contribution in [3.05, 3.63) is 18.2 Å². The summed E-state index contributed by atoms with van der Waals surface area (Å²) >= 11 is 1.39. The maximum Gasteiger partial charge on any atom is 0.256 e. The van der Waals surface area contributed by atoms with Crippen molar-refractivity contribution in [2.24, 2.45) is 0 Å². The maximum absolute atomic E-state index is 9.12. The van der Waals surface area contributed by atoms with Gasteiger partial charge in [-0.3, -0.25) is 0 Å². The molecule has 5 heteroatoms. The molecule has 4 nitrogen and oxygen atoms in total. The molecule has 1 heterocycles. The van der Waals surface area contributed by atoms with E-state index in [9.17, 15) is 0 Å². The van der Waals surface area contributed by atoms with Crippen molar-refractivity contribution < 1.29 is 9.52 Å². The predicted octanol–water partition coefficient (Wildman–Crippen LogP) is 1.88. The van der Waals surface area contributed by atoms with E-state index in [4.69, 9.17) is 15.3 Å². The molecule has 2 rings (SSSR count). The van der Waals surface area contributed by atoms with Gasteiger partial charge in [0.2, 0.25) is 0 Å². The molecule has 1 aromatic carbocycles. The molecule has 0 aliphatic heterocycles. The van der Waals surface area contributed by atoms with E-state index in [-0.39, 0.29) is 6.10 Å². The minimum absolute atomic E-state index is 0.366. The van der Waals surface area contributed by atoms with Crippen LogP contribution in [-0.4, -0.2) is 21.9 Å². The van der Waals surface area contributed by atoms with Crippen LogP contribution in [-0.2, 0) is 0 Å². The van der Waals surface area contributed by atoms with E-state index in [0.717, 1.165) is 5.52 Å². The fourth-order valence-corrected chi connectivity index (χ4v) is 1.87. The Bertz CT molecular complexity index is 467. The summed E-state index contributed by atoms with van der Waals surface area (Å²) in [6.07, 6.45) is -0.366. The Morgan fingerprint density at radius 3 is 3.13 bits per heavy atom. The van der Waals surface area contributed by atoms with Crippen LogP contribution in [0.5, 0.6) is 0 Å². The van der Waals surface area contributed by atoms with Crippen LogP contribution in [0.3, 0.4) is 0 Å². The molecule has 0 aliphatic rings. The van der Waals surface area contributed by atoms with Crippen molar-refractivity contribution in [1.29, 1.82) is 0 Å². The van der Waals surface area contributed by atoms with E-state index in [1.165, 1.54) is 11.8 Å². The van der Waals surface area contributed by atoms with Gasteiger partial charge in [0, 0.05) is 17.5 Å². The lowest BCUT2D eigenvalue weighted by Gasteiger charge is -1.98. The molecule has 0 radical (unpaired) electrons. The van der Waals surface area contributed by atoms with Crippen LogP contribution in [0.4, 0.5) is 5.69 Å². The van der Waals surface area contributed by atoms with Crippen molar-refractivity contribution in [2.75, 3.05) is 11.5 Å². The second-order valence-electron chi connectivity index (χ2n) is 3.37. The van der Waals surface area contributed by atoms with Crippen molar-refractivity contribution in [3.8, 4) is 0 Å². The Morgan fingerprint density at radius 1 is 1.60 bits per heavy atom. The van der Waals surface area contributed by atoms with Gasteiger partial charge in [0.15, 0.2) is 5.58 Å². The van der Waals surface area contributed by atoms with Gasteiger partial charge in [0.1, 0.15) is 5.52 Å². The van der Waals surface area contributed by atoms with Crippen LogP contribution in [0.25, 0.3) is 11.1 Å². The molecule has 15 heavy (non-hydrogen) atoms. The van der Waals surface area contributed by atoms with E-state index in [0.29, 0.717) is 22.2 Å². The van der Waals surface area contributed by atoms with E-state index in [1.54, 1.807) is 19.1 Å². The normalized spacial score (nSPS) is 13.2. The standard InChI is InChI=1S/C10H12N2O2S/c1-6(13)5-15-10-12-8-3-2-7(11)4-9(8)14-10/h2-4,6,13H,5,11H2,1H3. The molecule has 1 aromatic heterocycles. The number of thioether (sulfide) groups is 1. The Kier molecular flexibility index (Phi) is 2.83. The minimum atomic E-state index is -0.366. The number of hydrogen-bond donors (Lipinski definition) is 2. The van der Waals surface area contributed by atoms with Gasteiger partial charge in [-0.25, -0.2) is 4.98 Å². The van der Waals surface area contributed by atoms with E-state index >= 15 is 0 Å². The molecule has 1 unspecified atom stereocenters. The molecule has 0 spiro atoms. The van der Waals surface area contributed by atoms with Crippen molar-refractivity contribution in [2.45, 2.75) is 18.3 Å².